The molecule has 7 heteroatoms. The summed E-state index contributed by atoms with van der Waals surface area (Å²) in [5, 5.41) is 15.2. The minimum absolute atomic E-state index is 0.198. The summed E-state index contributed by atoms with van der Waals surface area (Å²) in [7, 11) is 0. The first-order chi connectivity index (χ1) is 14.9. The maximum atomic E-state index is 4.77. The summed E-state index contributed by atoms with van der Waals surface area (Å²) in [4.78, 5) is 7.27. The molecule has 170 valence electrons. The highest BCUT2D eigenvalue weighted by Gasteiger charge is 2.21. The molecule has 0 saturated carbocycles. The van der Waals surface area contributed by atoms with Crippen LogP contribution in [0, 0.1) is 0 Å². The van der Waals surface area contributed by atoms with Gasteiger partial charge in [0.1, 0.15) is 12.2 Å². The molecular formula is C24H39N7. The largest absolute Gasteiger partial charge is 0.371 e. The monoisotopic (exact) mass is 425 g/mol. The number of hydrogen-bond acceptors (Lipinski definition) is 4. The molecule has 2 heterocycles. The number of aromatic nitrogens is 3. The van der Waals surface area contributed by atoms with Crippen LogP contribution >= 0.6 is 0 Å². The first kappa shape index (κ1) is 23.1. The summed E-state index contributed by atoms with van der Waals surface area (Å²) < 4.78 is 2.08. The molecule has 2 N–H and O–H groups in total. The zero-order valence-electron chi connectivity index (χ0n) is 19.9. The molecule has 0 atom stereocenters. The van der Waals surface area contributed by atoms with Crippen molar-refractivity contribution in [1.82, 2.24) is 25.4 Å². The Morgan fingerprint density at radius 3 is 2.45 bits per heavy atom. The van der Waals surface area contributed by atoms with Gasteiger partial charge in [-0.3, -0.25) is 4.99 Å². The van der Waals surface area contributed by atoms with Crippen molar-refractivity contribution >= 4 is 11.6 Å². The summed E-state index contributed by atoms with van der Waals surface area (Å²) >= 11 is 0. The minimum atomic E-state index is 0.198. The second kappa shape index (κ2) is 10.6. The summed E-state index contributed by atoms with van der Waals surface area (Å²) in [5.74, 6) is 1.91. The van der Waals surface area contributed by atoms with Gasteiger partial charge in [-0.05, 0) is 42.9 Å². The number of hydrogen-bond donors (Lipinski definition) is 2. The van der Waals surface area contributed by atoms with E-state index in [1.165, 1.54) is 11.3 Å². The molecule has 0 amide bonds. The van der Waals surface area contributed by atoms with Crippen molar-refractivity contribution in [2.24, 2.45) is 4.99 Å². The Labute approximate surface area is 187 Å². The van der Waals surface area contributed by atoms with Gasteiger partial charge in [0.15, 0.2) is 5.96 Å². The summed E-state index contributed by atoms with van der Waals surface area (Å²) in [6, 6.07) is 9.54. The van der Waals surface area contributed by atoms with Crippen molar-refractivity contribution in [1.29, 1.82) is 0 Å². The standard InChI is InChI=1S/C24H39N7/c1-6-22-29-27-18-31(22)17-14-26-23(25-7-2)28-20-12-15-30(16-13-20)21-10-8-19(9-11-21)24(3,4)5/h8-11,18,20H,6-7,12-17H2,1-5H3,(H2,25,26,28). The number of piperidine rings is 1. The summed E-state index contributed by atoms with van der Waals surface area (Å²) in [5.41, 5.74) is 2.91. The Balaban J connectivity index is 1.50. The number of aryl methyl sites for hydroxylation is 1. The fraction of sp³-hybridized carbons (Fsp3) is 0.625. The lowest BCUT2D eigenvalue weighted by atomic mass is 9.87. The van der Waals surface area contributed by atoms with Gasteiger partial charge in [0.25, 0.3) is 0 Å². The van der Waals surface area contributed by atoms with E-state index in [1.54, 1.807) is 6.33 Å². The van der Waals surface area contributed by atoms with E-state index < -0.39 is 0 Å². The van der Waals surface area contributed by atoms with E-state index in [4.69, 9.17) is 4.99 Å². The maximum absolute atomic E-state index is 4.77. The van der Waals surface area contributed by atoms with Gasteiger partial charge in [-0.25, -0.2) is 0 Å². The zero-order valence-corrected chi connectivity index (χ0v) is 19.9. The van der Waals surface area contributed by atoms with Crippen molar-refractivity contribution < 1.29 is 0 Å². The Morgan fingerprint density at radius 2 is 1.84 bits per heavy atom. The fourth-order valence-electron chi connectivity index (χ4n) is 3.98. The van der Waals surface area contributed by atoms with Crippen LogP contribution in [0.5, 0.6) is 0 Å². The summed E-state index contributed by atoms with van der Waals surface area (Å²) in [6.07, 6.45) is 4.89. The number of nitrogens with one attached hydrogen (secondary N) is 2. The molecule has 1 aromatic heterocycles. The highest BCUT2D eigenvalue weighted by atomic mass is 15.3. The van der Waals surface area contributed by atoms with E-state index in [0.717, 1.165) is 57.2 Å². The third kappa shape index (κ3) is 6.45. The molecule has 2 aromatic rings. The number of benzene rings is 1. The Hall–Kier alpha value is -2.57. The van der Waals surface area contributed by atoms with Crippen LogP contribution in [0.1, 0.15) is 58.8 Å². The normalized spacial score (nSPS) is 15.9. The lowest BCUT2D eigenvalue weighted by Gasteiger charge is -2.35. The van der Waals surface area contributed by atoms with Crippen molar-refractivity contribution in [3.8, 4) is 0 Å². The second-order valence-electron chi connectivity index (χ2n) is 9.26. The van der Waals surface area contributed by atoms with Crippen LogP contribution in [0.15, 0.2) is 35.6 Å². The van der Waals surface area contributed by atoms with Crippen molar-refractivity contribution in [3.05, 3.63) is 42.0 Å². The molecule has 1 aromatic carbocycles. The third-order valence-electron chi connectivity index (χ3n) is 5.90. The minimum Gasteiger partial charge on any atom is -0.371 e. The van der Waals surface area contributed by atoms with E-state index in [1.807, 2.05) is 0 Å². The molecule has 0 aliphatic carbocycles. The Kier molecular flexibility index (Phi) is 7.93. The van der Waals surface area contributed by atoms with Gasteiger partial charge < -0.3 is 20.1 Å². The van der Waals surface area contributed by atoms with Crippen LogP contribution in [0.4, 0.5) is 5.69 Å². The molecule has 0 unspecified atom stereocenters. The molecule has 0 radical (unpaired) electrons. The van der Waals surface area contributed by atoms with Crippen LogP contribution in [-0.4, -0.2) is 52.9 Å². The zero-order chi connectivity index (χ0) is 22.3. The molecule has 1 fully saturated rings. The molecular weight excluding hydrogens is 386 g/mol. The third-order valence-corrected chi connectivity index (χ3v) is 5.90. The van der Waals surface area contributed by atoms with Gasteiger partial charge in [0.2, 0.25) is 0 Å². The predicted molar refractivity (Wildman–Crippen MR) is 129 cm³/mol. The van der Waals surface area contributed by atoms with Crippen LogP contribution in [0.25, 0.3) is 0 Å². The van der Waals surface area contributed by atoms with E-state index in [9.17, 15) is 0 Å². The lowest BCUT2D eigenvalue weighted by molar-refractivity contribution is 0.461. The Bertz CT molecular complexity index is 824. The Morgan fingerprint density at radius 1 is 1.13 bits per heavy atom. The average Bonchev–Trinajstić information content (AvgIpc) is 3.21. The van der Waals surface area contributed by atoms with E-state index in [0.29, 0.717) is 12.6 Å². The van der Waals surface area contributed by atoms with Gasteiger partial charge in [-0.1, -0.05) is 39.8 Å². The van der Waals surface area contributed by atoms with Crippen molar-refractivity contribution in [2.45, 2.75) is 71.9 Å². The SMILES string of the molecule is CCNC(=NCCn1cnnc1CC)NC1CCN(c2ccc(C(C)(C)C)cc2)CC1. The molecule has 1 saturated heterocycles. The number of nitrogens with zero attached hydrogens (tertiary/aromatic N) is 5. The molecule has 0 spiro atoms. The van der Waals surface area contributed by atoms with Crippen LogP contribution in [0.2, 0.25) is 0 Å². The fourth-order valence-corrected chi connectivity index (χ4v) is 3.98. The lowest BCUT2D eigenvalue weighted by Crippen LogP contribution is -2.48. The number of aliphatic imine (C=N–C) groups is 1. The molecule has 3 rings (SSSR count). The highest BCUT2D eigenvalue weighted by Crippen LogP contribution is 2.26. The van der Waals surface area contributed by atoms with E-state index in [2.05, 4.69) is 89.2 Å². The van der Waals surface area contributed by atoms with Crippen molar-refractivity contribution in [3.63, 3.8) is 0 Å². The predicted octanol–water partition coefficient (Wildman–Crippen LogP) is 3.36. The number of rotatable bonds is 7. The number of guanidine groups is 1. The molecule has 7 nitrogen and oxygen atoms in total. The van der Waals surface area contributed by atoms with E-state index >= 15 is 0 Å². The van der Waals surface area contributed by atoms with Crippen LogP contribution in [-0.2, 0) is 18.4 Å². The molecule has 1 aliphatic heterocycles. The molecule has 0 bridgehead atoms. The topological polar surface area (TPSA) is 70.4 Å². The van der Waals surface area contributed by atoms with Crippen LogP contribution < -0.4 is 15.5 Å². The highest BCUT2D eigenvalue weighted by molar-refractivity contribution is 5.80. The first-order valence-electron chi connectivity index (χ1n) is 11.7. The van der Waals surface area contributed by atoms with Crippen LogP contribution in [0.3, 0.4) is 0 Å². The molecule has 1 aliphatic rings. The first-order valence-corrected chi connectivity index (χ1v) is 11.7. The smallest absolute Gasteiger partial charge is 0.191 e. The quantitative estimate of drug-likeness (QED) is 0.526. The molecule has 31 heavy (non-hydrogen) atoms. The van der Waals surface area contributed by atoms with Gasteiger partial charge in [0, 0.05) is 44.3 Å². The van der Waals surface area contributed by atoms with Gasteiger partial charge in [0.05, 0.1) is 6.54 Å². The van der Waals surface area contributed by atoms with Gasteiger partial charge in [-0.2, -0.15) is 0 Å². The maximum Gasteiger partial charge on any atom is 0.191 e. The number of anilines is 1. The van der Waals surface area contributed by atoms with Crippen molar-refractivity contribution in [2.75, 3.05) is 31.1 Å². The second-order valence-corrected chi connectivity index (χ2v) is 9.26. The van der Waals surface area contributed by atoms with Gasteiger partial charge in [-0.15, -0.1) is 10.2 Å². The average molecular weight is 426 g/mol. The van der Waals surface area contributed by atoms with E-state index in [-0.39, 0.29) is 5.41 Å². The van der Waals surface area contributed by atoms with Gasteiger partial charge >= 0.3 is 0 Å². The summed E-state index contributed by atoms with van der Waals surface area (Å²) in [6.45, 7) is 15.5.